The van der Waals surface area contributed by atoms with Crippen molar-refractivity contribution in [2.24, 2.45) is 0 Å². The third-order valence-electron chi connectivity index (χ3n) is 7.24. The first kappa shape index (κ1) is 31.0. The summed E-state index contributed by atoms with van der Waals surface area (Å²) in [5, 5.41) is 0. The molecule has 0 aromatic heterocycles. The highest BCUT2D eigenvalue weighted by atomic mass is 16.7. The van der Waals surface area contributed by atoms with E-state index in [0.29, 0.717) is 19.6 Å². The van der Waals surface area contributed by atoms with Gasteiger partial charge in [0.15, 0.2) is 11.9 Å². The van der Waals surface area contributed by atoms with Gasteiger partial charge in [0.25, 0.3) is 0 Å². The lowest BCUT2D eigenvalue weighted by Crippen LogP contribution is -2.52. The van der Waals surface area contributed by atoms with Crippen molar-refractivity contribution in [2.75, 3.05) is 14.2 Å². The average Bonchev–Trinajstić information content (AvgIpc) is 3.29. The van der Waals surface area contributed by atoms with Crippen LogP contribution in [-0.4, -0.2) is 44.3 Å². The van der Waals surface area contributed by atoms with Crippen LogP contribution in [-0.2, 0) is 41.7 Å². The lowest BCUT2D eigenvalue weighted by atomic mass is 9.90. The molecular formula is C33H46O6. The molecule has 1 aliphatic rings. The molecule has 2 aromatic carbocycles. The number of methoxy groups -OCH3 is 2. The first-order chi connectivity index (χ1) is 19.1. The summed E-state index contributed by atoms with van der Waals surface area (Å²) in [5.74, 6) is -0.492. The molecule has 6 heteroatoms. The van der Waals surface area contributed by atoms with Gasteiger partial charge in [-0.05, 0) is 24.0 Å². The van der Waals surface area contributed by atoms with E-state index in [-0.39, 0.29) is 0 Å². The van der Waals surface area contributed by atoms with Crippen molar-refractivity contribution in [1.29, 1.82) is 0 Å². The van der Waals surface area contributed by atoms with Gasteiger partial charge >= 0.3 is 5.97 Å². The molecular weight excluding hydrogens is 492 g/mol. The molecule has 0 aliphatic carbocycles. The fraction of sp³-hybridized carbons (Fsp3) is 0.545. The minimum absolute atomic E-state index is 0.303. The Balaban J connectivity index is 1.73. The maximum Gasteiger partial charge on any atom is 0.341 e. The highest BCUT2D eigenvalue weighted by molar-refractivity contribution is 5.81. The second-order valence-corrected chi connectivity index (χ2v) is 10.2. The second kappa shape index (κ2) is 17.2. The molecule has 0 amide bonds. The normalized spacial score (nSPS) is 22.9. The third-order valence-corrected chi connectivity index (χ3v) is 7.24. The van der Waals surface area contributed by atoms with Crippen LogP contribution in [0.5, 0.6) is 0 Å². The van der Waals surface area contributed by atoms with Crippen molar-refractivity contribution in [3.8, 4) is 0 Å². The Morgan fingerprint density at radius 2 is 1.41 bits per heavy atom. The van der Waals surface area contributed by atoms with E-state index in [4.69, 9.17) is 23.7 Å². The van der Waals surface area contributed by atoms with Crippen LogP contribution in [0.3, 0.4) is 0 Å². The predicted molar refractivity (Wildman–Crippen MR) is 153 cm³/mol. The molecule has 0 radical (unpaired) electrons. The molecule has 1 saturated heterocycles. The number of unbranched alkanes of at least 4 members (excludes halogenated alkanes) is 7. The second-order valence-electron chi connectivity index (χ2n) is 10.2. The summed E-state index contributed by atoms with van der Waals surface area (Å²) in [6.45, 7) is 2.88. The molecule has 1 heterocycles. The maximum atomic E-state index is 13.4. The number of benzene rings is 2. The number of hydrogen-bond donors (Lipinski definition) is 0. The van der Waals surface area contributed by atoms with Gasteiger partial charge in [0, 0.05) is 13.5 Å². The lowest BCUT2D eigenvalue weighted by Gasteiger charge is -2.31. The summed E-state index contributed by atoms with van der Waals surface area (Å²) in [7, 11) is 2.94. The van der Waals surface area contributed by atoms with Crippen molar-refractivity contribution in [2.45, 2.75) is 102 Å². The summed E-state index contributed by atoms with van der Waals surface area (Å²) in [6.07, 6.45) is 12.1. The monoisotopic (exact) mass is 538 g/mol. The third kappa shape index (κ3) is 9.28. The van der Waals surface area contributed by atoms with Gasteiger partial charge in [-0.15, -0.1) is 0 Å². The predicted octanol–water partition coefficient (Wildman–Crippen LogP) is 7.16. The van der Waals surface area contributed by atoms with Crippen molar-refractivity contribution >= 4 is 5.97 Å². The molecule has 6 nitrogen and oxygen atoms in total. The molecule has 0 saturated carbocycles. The zero-order valence-electron chi connectivity index (χ0n) is 23.9. The molecule has 0 unspecified atom stereocenters. The molecule has 214 valence electrons. The number of hydrogen-bond acceptors (Lipinski definition) is 6. The Morgan fingerprint density at radius 1 is 0.821 bits per heavy atom. The SMILES string of the molecule is CCCCCCCCC/C=C/C[C@]1(C(=O)OC)O[C@H](OC)[C@@H](OCc2ccccc2)[C@@H]1OCc1ccccc1. The van der Waals surface area contributed by atoms with E-state index in [0.717, 1.165) is 24.0 Å². The first-order valence-corrected chi connectivity index (χ1v) is 14.4. The first-order valence-electron chi connectivity index (χ1n) is 14.4. The molecule has 2 aromatic rings. The number of allylic oxidation sites excluding steroid dienone is 1. The van der Waals surface area contributed by atoms with Gasteiger partial charge in [-0.1, -0.05) is 118 Å². The van der Waals surface area contributed by atoms with Crippen LogP contribution in [0.4, 0.5) is 0 Å². The summed E-state index contributed by atoms with van der Waals surface area (Å²) in [6, 6.07) is 19.8. The molecule has 0 bridgehead atoms. The zero-order chi connectivity index (χ0) is 27.8. The molecule has 1 fully saturated rings. The Labute approximate surface area is 234 Å². The Hall–Kier alpha value is -2.51. The Bertz CT molecular complexity index is 963. The number of carbonyl (C=O) groups is 1. The van der Waals surface area contributed by atoms with Crippen LogP contribution in [0.1, 0.15) is 75.8 Å². The molecule has 3 rings (SSSR count). The summed E-state index contributed by atoms with van der Waals surface area (Å²) >= 11 is 0. The van der Waals surface area contributed by atoms with E-state index >= 15 is 0 Å². The van der Waals surface area contributed by atoms with Crippen LogP contribution in [0.15, 0.2) is 72.8 Å². The smallest absolute Gasteiger partial charge is 0.341 e. The lowest BCUT2D eigenvalue weighted by molar-refractivity contribution is -0.204. The molecule has 4 atom stereocenters. The van der Waals surface area contributed by atoms with E-state index in [1.54, 1.807) is 7.11 Å². The standard InChI is InChI=1S/C33H46O6/c1-4-5-6-7-8-9-10-11-12-19-24-33(32(34)36-3)30(38-26-28-22-17-14-18-23-28)29(31(35-2)39-33)37-25-27-20-15-13-16-21-27/h12-23,29-31H,4-11,24-26H2,1-3H3/b19-12+/t29-,30-,31-,33-/m0/s1. The number of carbonyl (C=O) groups excluding carboxylic acids is 1. The van der Waals surface area contributed by atoms with Gasteiger partial charge in [-0.2, -0.15) is 0 Å². The zero-order valence-corrected chi connectivity index (χ0v) is 23.9. The van der Waals surface area contributed by atoms with Crippen molar-refractivity contribution in [3.05, 3.63) is 83.9 Å². The fourth-order valence-corrected chi connectivity index (χ4v) is 5.03. The van der Waals surface area contributed by atoms with E-state index in [1.165, 1.54) is 45.6 Å². The van der Waals surface area contributed by atoms with E-state index in [1.807, 2.05) is 66.7 Å². The van der Waals surface area contributed by atoms with Crippen LogP contribution in [0.25, 0.3) is 0 Å². The summed E-state index contributed by atoms with van der Waals surface area (Å²) in [5.41, 5.74) is 0.620. The van der Waals surface area contributed by atoms with Crippen LogP contribution < -0.4 is 0 Å². The quantitative estimate of drug-likeness (QED) is 0.114. The van der Waals surface area contributed by atoms with Crippen molar-refractivity contribution < 1.29 is 28.5 Å². The van der Waals surface area contributed by atoms with Crippen LogP contribution in [0, 0.1) is 0 Å². The van der Waals surface area contributed by atoms with Gasteiger partial charge in [0.1, 0.15) is 12.2 Å². The van der Waals surface area contributed by atoms with Gasteiger partial charge in [-0.25, -0.2) is 4.79 Å². The van der Waals surface area contributed by atoms with Crippen molar-refractivity contribution in [3.63, 3.8) is 0 Å². The molecule has 0 spiro atoms. The highest BCUT2D eigenvalue weighted by Crippen LogP contribution is 2.40. The maximum absolute atomic E-state index is 13.4. The molecule has 39 heavy (non-hydrogen) atoms. The highest BCUT2D eigenvalue weighted by Gasteiger charge is 2.61. The van der Waals surface area contributed by atoms with Crippen LogP contribution >= 0.6 is 0 Å². The fourth-order valence-electron chi connectivity index (χ4n) is 5.03. The van der Waals surface area contributed by atoms with Gasteiger partial charge in [0.05, 0.1) is 20.3 Å². The largest absolute Gasteiger partial charge is 0.467 e. The van der Waals surface area contributed by atoms with E-state index in [9.17, 15) is 4.79 Å². The van der Waals surface area contributed by atoms with Gasteiger partial charge < -0.3 is 23.7 Å². The minimum Gasteiger partial charge on any atom is -0.467 e. The minimum atomic E-state index is -1.39. The van der Waals surface area contributed by atoms with Crippen LogP contribution in [0.2, 0.25) is 0 Å². The summed E-state index contributed by atoms with van der Waals surface area (Å²) < 4.78 is 30.1. The average molecular weight is 539 g/mol. The Kier molecular flexibility index (Phi) is 13.7. The Morgan fingerprint density at radius 3 is 2.00 bits per heavy atom. The summed E-state index contributed by atoms with van der Waals surface area (Å²) in [4.78, 5) is 13.4. The molecule has 1 aliphatic heterocycles. The molecule has 0 N–H and O–H groups in total. The number of rotatable bonds is 18. The van der Waals surface area contributed by atoms with E-state index in [2.05, 4.69) is 13.0 Å². The topological polar surface area (TPSA) is 63.2 Å². The van der Waals surface area contributed by atoms with E-state index < -0.39 is 30.1 Å². The van der Waals surface area contributed by atoms with Gasteiger partial charge in [0.2, 0.25) is 0 Å². The van der Waals surface area contributed by atoms with Gasteiger partial charge in [-0.3, -0.25) is 0 Å². The number of esters is 1. The van der Waals surface area contributed by atoms with Crippen molar-refractivity contribution in [1.82, 2.24) is 0 Å². The number of ether oxygens (including phenoxy) is 5.